The van der Waals surface area contributed by atoms with Crippen LogP contribution in [0.15, 0.2) is 37.2 Å². The summed E-state index contributed by atoms with van der Waals surface area (Å²) in [4.78, 5) is 22.1. The lowest BCUT2D eigenvalue weighted by Crippen LogP contribution is -2.02. The molecule has 0 aliphatic heterocycles. The number of nitrogens with one attached hydrogen (secondary N) is 1. The quantitative estimate of drug-likeness (QED) is 0.350. The molecular weight excluding hydrogens is 206 g/mol. The minimum Gasteiger partial charge on any atom is -0.368 e. The summed E-state index contributed by atoms with van der Waals surface area (Å²) in [6.45, 7) is 5.78. The van der Waals surface area contributed by atoms with Crippen molar-refractivity contribution in [3.05, 3.63) is 37.2 Å². The zero-order chi connectivity index (χ0) is 12.1. The molecule has 4 nitrogen and oxygen atoms in total. The van der Waals surface area contributed by atoms with Gasteiger partial charge >= 0.3 is 5.97 Å². The van der Waals surface area contributed by atoms with E-state index >= 15 is 0 Å². The SMILES string of the molecule is C=CC(=O)OOCCCCC.c1cc[nH]c1. The zero-order valence-electron chi connectivity index (χ0n) is 9.65. The van der Waals surface area contributed by atoms with Gasteiger partial charge in [0.15, 0.2) is 0 Å². The molecule has 0 bridgehead atoms. The van der Waals surface area contributed by atoms with E-state index in [0.717, 1.165) is 25.3 Å². The maximum absolute atomic E-state index is 10.4. The molecule has 0 aromatic carbocycles. The van der Waals surface area contributed by atoms with E-state index in [1.807, 2.05) is 24.5 Å². The number of rotatable bonds is 6. The summed E-state index contributed by atoms with van der Waals surface area (Å²) < 4.78 is 0. The number of carbonyl (C=O) groups is 1. The van der Waals surface area contributed by atoms with Gasteiger partial charge in [0.25, 0.3) is 0 Å². The Labute approximate surface area is 96.2 Å². The van der Waals surface area contributed by atoms with Crippen molar-refractivity contribution in [2.24, 2.45) is 0 Å². The van der Waals surface area contributed by atoms with Crippen molar-refractivity contribution in [1.29, 1.82) is 0 Å². The molecule has 0 fully saturated rings. The fraction of sp³-hybridized carbons (Fsp3) is 0.417. The summed E-state index contributed by atoms with van der Waals surface area (Å²) in [7, 11) is 0. The van der Waals surface area contributed by atoms with Crippen molar-refractivity contribution < 1.29 is 14.6 Å². The molecule has 1 N–H and O–H groups in total. The molecular formula is C12H19NO3. The first-order chi connectivity index (χ1) is 7.81. The van der Waals surface area contributed by atoms with Crippen LogP contribution in [0.5, 0.6) is 0 Å². The van der Waals surface area contributed by atoms with E-state index in [-0.39, 0.29) is 0 Å². The zero-order valence-corrected chi connectivity index (χ0v) is 9.65. The topological polar surface area (TPSA) is 51.3 Å². The molecule has 0 atom stereocenters. The van der Waals surface area contributed by atoms with Crippen LogP contribution in [-0.2, 0) is 14.6 Å². The second-order valence-corrected chi connectivity index (χ2v) is 3.02. The molecule has 1 aromatic rings. The molecule has 0 amide bonds. The van der Waals surface area contributed by atoms with E-state index in [9.17, 15) is 4.79 Å². The Balaban J connectivity index is 0.000000368. The van der Waals surface area contributed by atoms with Gasteiger partial charge in [-0.05, 0) is 18.6 Å². The molecule has 0 radical (unpaired) electrons. The molecule has 1 rings (SSSR count). The van der Waals surface area contributed by atoms with E-state index < -0.39 is 5.97 Å². The molecule has 0 saturated heterocycles. The molecule has 16 heavy (non-hydrogen) atoms. The van der Waals surface area contributed by atoms with Gasteiger partial charge < -0.3 is 4.98 Å². The van der Waals surface area contributed by atoms with Gasteiger partial charge in [-0.25, -0.2) is 4.79 Å². The Hall–Kier alpha value is -1.55. The van der Waals surface area contributed by atoms with Crippen molar-refractivity contribution in [3.63, 3.8) is 0 Å². The maximum atomic E-state index is 10.4. The normalized spacial score (nSPS) is 8.81. The van der Waals surface area contributed by atoms with Gasteiger partial charge in [0, 0.05) is 18.5 Å². The summed E-state index contributed by atoms with van der Waals surface area (Å²) >= 11 is 0. The third-order valence-corrected chi connectivity index (χ3v) is 1.63. The third kappa shape index (κ3) is 10.5. The average Bonchev–Trinajstić information content (AvgIpc) is 2.87. The lowest BCUT2D eigenvalue weighted by molar-refractivity contribution is -0.267. The molecule has 0 aliphatic rings. The van der Waals surface area contributed by atoms with E-state index in [0.29, 0.717) is 6.61 Å². The van der Waals surface area contributed by atoms with Crippen LogP contribution in [0.1, 0.15) is 26.2 Å². The number of unbranched alkanes of at least 4 members (excludes halogenated alkanes) is 2. The number of hydrogen-bond donors (Lipinski definition) is 1. The van der Waals surface area contributed by atoms with Crippen LogP contribution in [-0.4, -0.2) is 17.6 Å². The largest absolute Gasteiger partial charge is 0.368 e. The van der Waals surface area contributed by atoms with E-state index in [1.54, 1.807) is 0 Å². The molecule has 0 saturated carbocycles. The molecule has 0 unspecified atom stereocenters. The second-order valence-electron chi connectivity index (χ2n) is 3.02. The fourth-order valence-corrected chi connectivity index (χ4v) is 0.823. The highest BCUT2D eigenvalue weighted by Crippen LogP contribution is 1.94. The van der Waals surface area contributed by atoms with Gasteiger partial charge in [0.1, 0.15) is 0 Å². The van der Waals surface area contributed by atoms with Gasteiger partial charge in [-0.15, -0.1) is 0 Å². The number of H-pyrrole nitrogens is 1. The van der Waals surface area contributed by atoms with Crippen molar-refractivity contribution >= 4 is 5.97 Å². The first-order valence-electron chi connectivity index (χ1n) is 5.34. The number of aromatic amines is 1. The van der Waals surface area contributed by atoms with E-state index in [2.05, 4.69) is 28.3 Å². The van der Waals surface area contributed by atoms with Gasteiger partial charge in [-0.1, -0.05) is 26.3 Å². The van der Waals surface area contributed by atoms with Crippen LogP contribution in [0.2, 0.25) is 0 Å². The maximum Gasteiger partial charge on any atom is 0.365 e. The Kier molecular flexibility index (Phi) is 10.4. The minimum atomic E-state index is -0.540. The smallest absolute Gasteiger partial charge is 0.365 e. The molecule has 0 aliphatic carbocycles. The molecule has 4 heteroatoms. The van der Waals surface area contributed by atoms with Gasteiger partial charge in [-0.2, -0.15) is 4.89 Å². The van der Waals surface area contributed by atoms with Crippen LogP contribution in [0.4, 0.5) is 0 Å². The number of aromatic nitrogens is 1. The molecule has 0 spiro atoms. The second kappa shape index (κ2) is 11.5. The predicted octanol–water partition coefficient (Wildman–Crippen LogP) is 2.85. The minimum absolute atomic E-state index is 0.466. The highest BCUT2D eigenvalue weighted by Gasteiger charge is 1.94. The predicted molar refractivity (Wildman–Crippen MR) is 62.6 cm³/mol. The first kappa shape index (κ1) is 14.5. The van der Waals surface area contributed by atoms with Crippen LogP contribution < -0.4 is 0 Å². The lowest BCUT2D eigenvalue weighted by atomic mass is 10.3. The van der Waals surface area contributed by atoms with Crippen molar-refractivity contribution in [3.8, 4) is 0 Å². The number of carbonyl (C=O) groups excluding carboxylic acids is 1. The van der Waals surface area contributed by atoms with Gasteiger partial charge in [0.05, 0.1) is 6.61 Å². The average molecular weight is 225 g/mol. The number of hydrogen-bond acceptors (Lipinski definition) is 3. The highest BCUT2D eigenvalue weighted by atomic mass is 17.2. The lowest BCUT2D eigenvalue weighted by Gasteiger charge is -1.99. The van der Waals surface area contributed by atoms with Crippen LogP contribution >= 0.6 is 0 Å². The summed E-state index contributed by atoms with van der Waals surface area (Å²) in [5, 5.41) is 0. The fourth-order valence-electron chi connectivity index (χ4n) is 0.823. The standard InChI is InChI=1S/C8H14O3.C4H5N/c1-3-5-6-7-10-11-8(9)4-2;1-2-4-5-3-1/h4H,2-3,5-7H2,1H3;1-5H. The summed E-state index contributed by atoms with van der Waals surface area (Å²) in [6, 6.07) is 3.89. The molecule has 90 valence electrons. The van der Waals surface area contributed by atoms with Crippen molar-refractivity contribution in [1.82, 2.24) is 4.98 Å². The molecule has 1 aromatic heterocycles. The Morgan fingerprint density at radius 2 is 2.06 bits per heavy atom. The Morgan fingerprint density at radius 1 is 1.38 bits per heavy atom. The summed E-state index contributed by atoms with van der Waals surface area (Å²) in [6.07, 6.45) is 7.95. The first-order valence-corrected chi connectivity index (χ1v) is 5.34. The van der Waals surface area contributed by atoms with Crippen LogP contribution in [0.3, 0.4) is 0 Å². The van der Waals surface area contributed by atoms with Gasteiger partial charge in [-0.3, -0.25) is 4.89 Å². The monoisotopic (exact) mass is 225 g/mol. The van der Waals surface area contributed by atoms with E-state index in [1.165, 1.54) is 0 Å². The van der Waals surface area contributed by atoms with Crippen LogP contribution in [0, 0.1) is 0 Å². The summed E-state index contributed by atoms with van der Waals surface area (Å²) in [5.74, 6) is -0.540. The summed E-state index contributed by atoms with van der Waals surface area (Å²) in [5.41, 5.74) is 0. The van der Waals surface area contributed by atoms with E-state index in [4.69, 9.17) is 0 Å². The molecule has 1 heterocycles. The third-order valence-electron chi connectivity index (χ3n) is 1.63. The van der Waals surface area contributed by atoms with Crippen molar-refractivity contribution in [2.75, 3.05) is 6.61 Å². The Bertz CT molecular complexity index is 240. The van der Waals surface area contributed by atoms with Gasteiger partial charge in [0.2, 0.25) is 0 Å². The Morgan fingerprint density at radius 3 is 2.50 bits per heavy atom. The van der Waals surface area contributed by atoms with Crippen LogP contribution in [0.25, 0.3) is 0 Å². The highest BCUT2D eigenvalue weighted by molar-refractivity contribution is 5.80. The van der Waals surface area contributed by atoms with Crippen molar-refractivity contribution in [2.45, 2.75) is 26.2 Å².